The molecule has 0 aromatic heterocycles. The fourth-order valence-electron chi connectivity index (χ4n) is 2.54. The molecule has 0 unspecified atom stereocenters. The third-order valence-electron chi connectivity index (χ3n) is 3.84. The number of esters is 1. The van der Waals surface area contributed by atoms with Gasteiger partial charge in [0.15, 0.2) is 5.96 Å². The molecule has 0 saturated heterocycles. The molecule has 0 aliphatic rings. The van der Waals surface area contributed by atoms with Crippen molar-refractivity contribution in [3.8, 4) is 5.75 Å². The van der Waals surface area contributed by atoms with E-state index in [9.17, 15) is 4.79 Å². The van der Waals surface area contributed by atoms with E-state index < -0.39 is 5.60 Å². The van der Waals surface area contributed by atoms with Crippen LogP contribution in [0.2, 0.25) is 0 Å². The van der Waals surface area contributed by atoms with Crippen LogP contribution in [0, 0.1) is 0 Å². The van der Waals surface area contributed by atoms with E-state index in [2.05, 4.69) is 15.6 Å². The summed E-state index contributed by atoms with van der Waals surface area (Å²) in [6, 6.07) is 7.96. The topological polar surface area (TPSA) is 72.0 Å². The van der Waals surface area contributed by atoms with Gasteiger partial charge in [-0.15, -0.1) is 0 Å². The fourth-order valence-corrected chi connectivity index (χ4v) is 2.54. The predicted octanol–water partition coefficient (Wildman–Crippen LogP) is 3.65. The van der Waals surface area contributed by atoms with E-state index >= 15 is 0 Å². The SMILES string of the molecule is CN=C(NCCCCCCC(=O)OC(C)(C)C)NCc1cccc(OC)c1. The molecular formula is C21H35N3O3. The predicted molar refractivity (Wildman–Crippen MR) is 110 cm³/mol. The molecule has 1 aromatic carbocycles. The monoisotopic (exact) mass is 377 g/mol. The highest BCUT2D eigenvalue weighted by molar-refractivity contribution is 5.79. The minimum atomic E-state index is -0.394. The molecule has 152 valence electrons. The molecule has 27 heavy (non-hydrogen) atoms. The minimum Gasteiger partial charge on any atom is -0.497 e. The van der Waals surface area contributed by atoms with Crippen molar-refractivity contribution in [3.63, 3.8) is 0 Å². The number of hydrogen-bond acceptors (Lipinski definition) is 4. The summed E-state index contributed by atoms with van der Waals surface area (Å²) in [6.45, 7) is 7.22. The molecular weight excluding hydrogens is 342 g/mol. The first kappa shape index (κ1) is 22.8. The van der Waals surface area contributed by atoms with Crippen LogP contribution in [0.15, 0.2) is 29.3 Å². The van der Waals surface area contributed by atoms with E-state index in [1.165, 1.54) is 0 Å². The Balaban J connectivity index is 2.13. The van der Waals surface area contributed by atoms with Crippen molar-refractivity contribution >= 4 is 11.9 Å². The average molecular weight is 378 g/mol. The van der Waals surface area contributed by atoms with Crippen molar-refractivity contribution in [1.29, 1.82) is 0 Å². The van der Waals surface area contributed by atoms with Crippen molar-refractivity contribution in [2.24, 2.45) is 4.99 Å². The standard InChI is InChI=1S/C21H35N3O3/c1-21(2,3)27-19(25)13-8-6-7-9-14-23-20(22-4)24-16-17-11-10-12-18(15-17)26-5/h10-12,15H,6-9,13-14,16H2,1-5H3,(H2,22,23,24). The van der Waals surface area contributed by atoms with E-state index in [1.807, 2.05) is 45.0 Å². The van der Waals surface area contributed by atoms with Gasteiger partial charge in [0.25, 0.3) is 0 Å². The summed E-state index contributed by atoms with van der Waals surface area (Å²) in [4.78, 5) is 15.9. The number of rotatable bonds is 10. The molecule has 0 radical (unpaired) electrons. The summed E-state index contributed by atoms with van der Waals surface area (Å²) < 4.78 is 10.5. The number of nitrogens with zero attached hydrogens (tertiary/aromatic N) is 1. The highest BCUT2D eigenvalue weighted by Crippen LogP contribution is 2.12. The Hall–Kier alpha value is -2.24. The molecule has 0 heterocycles. The van der Waals surface area contributed by atoms with Crippen LogP contribution in [-0.2, 0) is 16.1 Å². The molecule has 0 aliphatic carbocycles. The zero-order chi connectivity index (χ0) is 20.1. The second-order valence-electron chi connectivity index (χ2n) is 7.45. The molecule has 1 rings (SSSR count). The van der Waals surface area contributed by atoms with Crippen LogP contribution in [0.25, 0.3) is 0 Å². The number of guanidine groups is 1. The van der Waals surface area contributed by atoms with Crippen LogP contribution in [0.5, 0.6) is 5.75 Å². The summed E-state index contributed by atoms with van der Waals surface area (Å²) in [6.07, 6.45) is 4.50. The lowest BCUT2D eigenvalue weighted by Crippen LogP contribution is -2.37. The summed E-state index contributed by atoms with van der Waals surface area (Å²) in [5.41, 5.74) is 0.744. The number of nitrogens with one attached hydrogen (secondary N) is 2. The molecule has 0 bridgehead atoms. The third kappa shape index (κ3) is 11.2. The summed E-state index contributed by atoms with van der Waals surface area (Å²) >= 11 is 0. The van der Waals surface area contributed by atoms with Gasteiger partial charge in [-0.05, 0) is 51.3 Å². The highest BCUT2D eigenvalue weighted by atomic mass is 16.6. The lowest BCUT2D eigenvalue weighted by atomic mass is 10.1. The summed E-state index contributed by atoms with van der Waals surface area (Å²) in [7, 11) is 3.43. The van der Waals surface area contributed by atoms with E-state index in [-0.39, 0.29) is 5.97 Å². The molecule has 0 spiro atoms. The highest BCUT2D eigenvalue weighted by Gasteiger charge is 2.15. The van der Waals surface area contributed by atoms with Crippen LogP contribution >= 0.6 is 0 Å². The Bertz CT molecular complexity index is 595. The molecule has 0 atom stereocenters. The Morgan fingerprint density at radius 2 is 1.85 bits per heavy atom. The molecule has 6 heteroatoms. The van der Waals surface area contributed by atoms with E-state index in [0.717, 1.165) is 49.5 Å². The third-order valence-corrected chi connectivity index (χ3v) is 3.84. The van der Waals surface area contributed by atoms with Crippen molar-refractivity contribution in [2.45, 2.75) is 65.0 Å². The first-order valence-corrected chi connectivity index (χ1v) is 9.63. The Morgan fingerprint density at radius 1 is 1.11 bits per heavy atom. The van der Waals surface area contributed by atoms with Crippen LogP contribution in [0.3, 0.4) is 0 Å². The normalized spacial score (nSPS) is 11.8. The van der Waals surface area contributed by atoms with Crippen LogP contribution in [0.1, 0.15) is 58.4 Å². The average Bonchev–Trinajstić information content (AvgIpc) is 2.62. The lowest BCUT2D eigenvalue weighted by Gasteiger charge is -2.19. The van der Waals surface area contributed by atoms with Crippen LogP contribution in [0.4, 0.5) is 0 Å². The van der Waals surface area contributed by atoms with E-state index in [4.69, 9.17) is 9.47 Å². The number of carbonyl (C=O) groups excluding carboxylic acids is 1. The van der Waals surface area contributed by atoms with Gasteiger partial charge in [0.05, 0.1) is 7.11 Å². The van der Waals surface area contributed by atoms with Gasteiger partial charge in [-0.2, -0.15) is 0 Å². The van der Waals surface area contributed by atoms with E-state index in [1.54, 1.807) is 14.2 Å². The Morgan fingerprint density at radius 3 is 2.52 bits per heavy atom. The van der Waals surface area contributed by atoms with Crippen molar-refractivity contribution in [1.82, 2.24) is 10.6 Å². The molecule has 0 fully saturated rings. The van der Waals surface area contributed by atoms with Gasteiger partial charge in [0.1, 0.15) is 11.4 Å². The number of aliphatic imine (C=N–C) groups is 1. The second kappa shape index (κ2) is 12.2. The first-order chi connectivity index (χ1) is 12.8. The lowest BCUT2D eigenvalue weighted by molar-refractivity contribution is -0.154. The van der Waals surface area contributed by atoms with Crippen LogP contribution in [-0.4, -0.2) is 38.2 Å². The van der Waals surface area contributed by atoms with Crippen molar-refractivity contribution < 1.29 is 14.3 Å². The smallest absolute Gasteiger partial charge is 0.306 e. The van der Waals surface area contributed by atoms with Crippen molar-refractivity contribution in [3.05, 3.63) is 29.8 Å². The maximum absolute atomic E-state index is 11.6. The zero-order valence-corrected chi connectivity index (χ0v) is 17.4. The summed E-state index contributed by atoms with van der Waals surface area (Å²) in [5, 5.41) is 6.61. The second-order valence-corrected chi connectivity index (χ2v) is 7.45. The fraction of sp³-hybridized carbons (Fsp3) is 0.619. The molecule has 2 N–H and O–H groups in total. The minimum absolute atomic E-state index is 0.109. The number of carbonyl (C=O) groups is 1. The first-order valence-electron chi connectivity index (χ1n) is 9.63. The maximum atomic E-state index is 11.6. The zero-order valence-electron chi connectivity index (χ0n) is 17.4. The Kier molecular flexibility index (Phi) is 10.3. The van der Waals surface area contributed by atoms with Crippen LogP contribution < -0.4 is 15.4 Å². The van der Waals surface area contributed by atoms with Gasteiger partial charge in [0, 0.05) is 26.6 Å². The number of unbranched alkanes of at least 4 members (excludes halogenated alkanes) is 3. The number of ether oxygens (including phenoxy) is 2. The maximum Gasteiger partial charge on any atom is 0.306 e. The number of benzene rings is 1. The molecule has 6 nitrogen and oxygen atoms in total. The van der Waals surface area contributed by atoms with Gasteiger partial charge in [-0.25, -0.2) is 0 Å². The van der Waals surface area contributed by atoms with Gasteiger partial charge < -0.3 is 20.1 Å². The van der Waals surface area contributed by atoms with Gasteiger partial charge in [-0.3, -0.25) is 9.79 Å². The van der Waals surface area contributed by atoms with E-state index in [0.29, 0.717) is 13.0 Å². The number of methoxy groups -OCH3 is 1. The quantitative estimate of drug-likeness (QED) is 0.282. The van der Waals surface area contributed by atoms with Gasteiger partial charge in [0.2, 0.25) is 0 Å². The van der Waals surface area contributed by atoms with Gasteiger partial charge >= 0.3 is 5.97 Å². The van der Waals surface area contributed by atoms with Crippen molar-refractivity contribution in [2.75, 3.05) is 20.7 Å². The molecule has 1 aromatic rings. The molecule has 0 amide bonds. The molecule has 0 aliphatic heterocycles. The largest absolute Gasteiger partial charge is 0.497 e. The number of hydrogen-bond donors (Lipinski definition) is 2. The van der Waals surface area contributed by atoms with Gasteiger partial charge in [-0.1, -0.05) is 25.0 Å². The summed E-state index contributed by atoms with van der Waals surface area (Å²) in [5.74, 6) is 1.53. The molecule has 0 saturated carbocycles. The Labute approximate surface area is 163 Å².